The van der Waals surface area contributed by atoms with E-state index in [4.69, 9.17) is 4.74 Å². The van der Waals surface area contributed by atoms with Crippen molar-refractivity contribution in [3.63, 3.8) is 0 Å². The number of hydrogen-bond donors (Lipinski definition) is 0. The second-order valence-corrected chi connectivity index (χ2v) is 2.00. The van der Waals surface area contributed by atoms with E-state index in [0.29, 0.717) is 12.2 Å². The van der Waals surface area contributed by atoms with Gasteiger partial charge < -0.3 is 4.74 Å². The first-order valence-electron chi connectivity index (χ1n) is 2.83. The second-order valence-electron chi connectivity index (χ2n) is 2.00. The molecule has 0 aliphatic carbocycles. The third-order valence-electron chi connectivity index (χ3n) is 1.26. The van der Waals surface area contributed by atoms with Crippen LogP contribution in [0.1, 0.15) is 19.8 Å². The molecule has 0 aromatic carbocycles. The molecule has 0 N–H and O–H groups in total. The van der Waals surface area contributed by atoms with E-state index in [-0.39, 0.29) is 0 Å². The van der Waals surface area contributed by atoms with E-state index in [9.17, 15) is 0 Å². The van der Waals surface area contributed by atoms with Crippen molar-refractivity contribution in [2.75, 3.05) is 0 Å². The van der Waals surface area contributed by atoms with Crippen LogP contribution in [0.5, 0.6) is 0 Å². The van der Waals surface area contributed by atoms with Crippen molar-refractivity contribution >= 4 is 0 Å². The fourth-order valence-corrected chi connectivity index (χ4v) is 0.718. The molecule has 0 aromatic heterocycles. The molecule has 0 saturated carbocycles. The van der Waals surface area contributed by atoms with Gasteiger partial charge in [0.05, 0.1) is 12.2 Å². The molecule has 1 heterocycles. The zero-order valence-corrected chi connectivity index (χ0v) is 4.68. The molecule has 1 fully saturated rings. The van der Waals surface area contributed by atoms with Gasteiger partial charge >= 0.3 is 0 Å². The summed E-state index contributed by atoms with van der Waals surface area (Å²) in [4.78, 5) is 0. The number of rotatable bonds is 2. The number of ether oxygens (including phenoxy) is 1. The van der Waals surface area contributed by atoms with Crippen LogP contribution in [0, 0.1) is 6.92 Å². The summed E-state index contributed by atoms with van der Waals surface area (Å²) < 4.78 is 5.05. The minimum Gasteiger partial charge on any atom is -0.370 e. The highest BCUT2D eigenvalue weighted by atomic mass is 16.6. The summed E-state index contributed by atoms with van der Waals surface area (Å²) in [5, 5.41) is 0. The summed E-state index contributed by atoms with van der Waals surface area (Å²) in [6.07, 6.45) is 3.23. The van der Waals surface area contributed by atoms with Gasteiger partial charge in [-0.1, -0.05) is 13.3 Å². The fraction of sp³-hybridized carbons (Fsp3) is 0.833. The second kappa shape index (κ2) is 1.83. The third kappa shape index (κ3) is 1.16. The van der Waals surface area contributed by atoms with Crippen LogP contribution in [0.25, 0.3) is 0 Å². The van der Waals surface area contributed by atoms with Crippen LogP contribution in [0.3, 0.4) is 0 Å². The van der Waals surface area contributed by atoms with E-state index in [1.165, 1.54) is 12.8 Å². The maximum atomic E-state index is 5.05. The largest absolute Gasteiger partial charge is 0.370 e. The first kappa shape index (κ1) is 5.10. The zero-order chi connectivity index (χ0) is 5.28. The predicted octanol–water partition coefficient (Wildman–Crippen LogP) is 1.39. The highest BCUT2D eigenvalue weighted by Crippen LogP contribution is 2.24. The van der Waals surface area contributed by atoms with Gasteiger partial charge in [0.15, 0.2) is 0 Å². The standard InChI is InChI=1S/C6H11O/c1-3-4-6-5(2)7-6/h5-6H,2-4H2,1H3/t5-,6-/m0/s1. The van der Waals surface area contributed by atoms with E-state index >= 15 is 0 Å². The molecule has 0 bridgehead atoms. The Morgan fingerprint density at radius 1 is 1.71 bits per heavy atom. The minimum absolute atomic E-state index is 0.319. The molecule has 1 saturated heterocycles. The van der Waals surface area contributed by atoms with Crippen LogP contribution in [0.2, 0.25) is 0 Å². The Labute approximate surface area is 44.7 Å². The van der Waals surface area contributed by atoms with Gasteiger partial charge in [-0.2, -0.15) is 0 Å². The lowest BCUT2D eigenvalue weighted by Crippen LogP contribution is -1.85. The Balaban J connectivity index is 1.98. The molecular weight excluding hydrogens is 88.1 g/mol. The van der Waals surface area contributed by atoms with Gasteiger partial charge in [0.2, 0.25) is 0 Å². The molecule has 41 valence electrons. The van der Waals surface area contributed by atoms with Gasteiger partial charge in [-0.05, 0) is 13.3 Å². The van der Waals surface area contributed by atoms with Crippen molar-refractivity contribution in [1.82, 2.24) is 0 Å². The predicted molar refractivity (Wildman–Crippen MR) is 28.9 cm³/mol. The molecule has 7 heavy (non-hydrogen) atoms. The molecular formula is C6H11O. The molecule has 0 aromatic rings. The summed E-state index contributed by atoms with van der Waals surface area (Å²) in [7, 11) is 0. The van der Waals surface area contributed by atoms with Gasteiger partial charge in [0.25, 0.3) is 0 Å². The Morgan fingerprint density at radius 3 is 2.43 bits per heavy atom. The van der Waals surface area contributed by atoms with E-state index in [0.717, 1.165) is 0 Å². The Bertz CT molecular complexity index is 61.2. The van der Waals surface area contributed by atoms with Crippen LogP contribution in [-0.4, -0.2) is 12.2 Å². The molecule has 1 aliphatic rings. The van der Waals surface area contributed by atoms with Crippen molar-refractivity contribution in [3.05, 3.63) is 6.92 Å². The lowest BCUT2D eigenvalue weighted by molar-refractivity contribution is 0.377. The van der Waals surface area contributed by atoms with Crippen LogP contribution < -0.4 is 0 Å². The molecule has 1 rings (SSSR count). The molecule has 1 radical (unpaired) electrons. The van der Waals surface area contributed by atoms with Crippen molar-refractivity contribution in [1.29, 1.82) is 0 Å². The number of epoxide rings is 1. The molecule has 1 aliphatic heterocycles. The van der Waals surface area contributed by atoms with E-state index in [1.54, 1.807) is 0 Å². The summed E-state index contributed by atoms with van der Waals surface area (Å²) in [6, 6.07) is 0. The first-order valence-corrected chi connectivity index (χ1v) is 2.83. The van der Waals surface area contributed by atoms with Crippen molar-refractivity contribution in [3.8, 4) is 0 Å². The summed E-state index contributed by atoms with van der Waals surface area (Å²) in [5.41, 5.74) is 0. The van der Waals surface area contributed by atoms with Gasteiger partial charge in [-0.25, -0.2) is 0 Å². The van der Waals surface area contributed by atoms with Crippen LogP contribution in [-0.2, 0) is 4.74 Å². The summed E-state index contributed by atoms with van der Waals surface area (Å²) in [5.74, 6) is 0. The van der Waals surface area contributed by atoms with Crippen LogP contribution in [0.15, 0.2) is 0 Å². The summed E-state index contributed by atoms with van der Waals surface area (Å²) in [6.45, 7) is 5.89. The summed E-state index contributed by atoms with van der Waals surface area (Å²) >= 11 is 0. The zero-order valence-electron chi connectivity index (χ0n) is 4.68. The topological polar surface area (TPSA) is 12.5 Å². The van der Waals surface area contributed by atoms with E-state index in [1.807, 2.05) is 0 Å². The molecule has 0 unspecified atom stereocenters. The van der Waals surface area contributed by atoms with Crippen molar-refractivity contribution < 1.29 is 4.74 Å². The maximum absolute atomic E-state index is 5.05. The Morgan fingerprint density at radius 2 is 2.29 bits per heavy atom. The quantitative estimate of drug-likeness (QED) is 0.476. The van der Waals surface area contributed by atoms with Gasteiger partial charge in [-0.15, -0.1) is 0 Å². The van der Waals surface area contributed by atoms with Gasteiger partial charge in [0.1, 0.15) is 0 Å². The Hall–Kier alpha value is -0.0400. The van der Waals surface area contributed by atoms with Crippen LogP contribution in [0.4, 0.5) is 0 Å². The van der Waals surface area contributed by atoms with Crippen molar-refractivity contribution in [2.24, 2.45) is 0 Å². The number of hydrogen-bond acceptors (Lipinski definition) is 1. The minimum atomic E-state index is 0.319. The lowest BCUT2D eigenvalue weighted by atomic mass is 10.2. The van der Waals surface area contributed by atoms with Crippen molar-refractivity contribution in [2.45, 2.75) is 32.0 Å². The van der Waals surface area contributed by atoms with E-state index < -0.39 is 0 Å². The van der Waals surface area contributed by atoms with Gasteiger partial charge in [-0.3, -0.25) is 0 Å². The van der Waals surface area contributed by atoms with Crippen LogP contribution >= 0.6 is 0 Å². The normalized spacial score (nSPS) is 38.6. The highest BCUT2D eigenvalue weighted by Gasteiger charge is 2.32. The molecule has 1 heteroatoms. The van der Waals surface area contributed by atoms with Gasteiger partial charge in [0, 0.05) is 0 Å². The lowest BCUT2D eigenvalue weighted by Gasteiger charge is -1.81. The third-order valence-corrected chi connectivity index (χ3v) is 1.26. The average molecular weight is 99.2 g/mol. The van der Waals surface area contributed by atoms with E-state index in [2.05, 4.69) is 13.8 Å². The molecule has 1 nitrogen and oxygen atoms in total. The highest BCUT2D eigenvalue weighted by molar-refractivity contribution is 4.85. The smallest absolute Gasteiger partial charge is 0.0842 e. The Kier molecular flexibility index (Phi) is 1.33. The fourth-order valence-electron chi connectivity index (χ4n) is 0.718. The molecule has 2 atom stereocenters. The first-order chi connectivity index (χ1) is 3.34. The molecule has 0 spiro atoms. The SMILES string of the molecule is [CH2][C@@H]1O[C@H]1CCC. The molecule has 0 amide bonds. The average Bonchev–Trinajstić information content (AvgIpc) is 2.22. The monoisotopic (exact) mass is 99.1 g/mol. The maximum Gasteiger partial charge on any atom is 0.0842 e.